The van der Waals surface area contributed by atoms with Gasteiger partial charge >= 0.3 is 12.1 Å². The molecular formula is C8H4BrF3N2O3. The van der Waals surface area contributed by atoms with Gasteiger partial charge in [-0.05, 0) is 28.1 Å². The Labute approximate surface area is 101 Å². The van der Waals surface area contributed by atoms with Gasteiger partial charge in [0.1, 0.15) is 0 Å². The molecule has 92 valence electrons. The molecule has 0 aliphatic rings. The lowest BCUT2D eigenvalue weighted by Crippen LogP contribution is -2.29. The van der Waals surface area contributed by atoms with Crippen molar-refractivity contribution in [3.8, 4) is 0 Å². The molecule has 5 nitrogen and oxygen atoms in total. The maximum absolute atomic E-state index is 11.9. The number of nitrogens with one attached hydrogen (secondary N) is 1. The molecule has 1 aromatic rings. The van der Waals surface area contributed by atoms with Gasteiger partial charge in [-0.15, -0.1) is 0 Å². The molecule has 0 aliphatic carbocycles. The number of carbonyl (C=O) groups excluding carboxylic acids is 1. The standard InChI is InChI=1S/C8H4BrF3N2O3/c9-5-2-1-4(3-6(5)14(16)17)13-7(15)8(10,11)12/h1-3H,(H,13,15). The van der Waals surface area contributed by atoms with Gasteiger partial charge in [-0.1, -0.05) is 0 Å². The maximum atomic E-state index is 11.9. The van der Waals surface area contributed by atoms with Crippen LogP contribution in [0.1, 0.15) is 0 Å². The van der Waals surface area contributed by atoms with Gasteiger partial charge in [0.2, 0.25) is 0 Å². The van der Waals surface area contributed by atoms with Crippen molar-refractivity contribution in [2.75, 3.05) is 5.32 Å². The molecule has 1 N–H and O–H groups in total. The van der Waals surface area contributed by atoms with Gasteiger partial charge < -0.3 is 5.32 Å². The first-order valence-electron chi connectivity index (χ1n) is 4.04. The van der Waals surface area contributed by atoms with Crippen molar-refractivity contribution in [1.82, 2.24) is 0 Å². The highest BCUT2D eigenvalue weighted by molar-refractivity contribution is 9.10. The van der Waals surface area contributed by atoms with Crippen LogP contribution in [-0.2, 0) is 4.79 Å². The molecule has 0 aromatic heterocycles. The molecule has 0 bridgehead atoms. The van der Waals surface area contributed by atoms with Crippen molar-refractivity contribution >= 4 is 33.2 Å². The fourth-order valence-electron chi connectivity index (χ4n) is 0.932. The van der Waals surface area contributed by atoms with E-state index in [1.165, 1.54) is 11.4 Å². The van der Waals surface area contributed by atoms with Crippen LogP contribution >= 0.6 is 15.9 Å². The molecule has 0 saturated carbocycles. The molecule has 1 rings (SSSR count). The number of amides is 1. The molecule has 0 radical (unpaired) electrons. The minimum Gasteiger partial charge on any atom is -0.318 e. The molecule has 0 unspecified atom stereocenters. The molecule has 0 fully saturated rings. The molecule has 1 amide bonds. The molecule has 0 atom stereocenters. The van der Waals surface area contributed by atoms with E-state index in [4.69, 9.17) is 0 Å². The predicted octanol–water partition coefficient (Wildman–Crippen LogP) is 2.86. The van der Waals surface area contributed by atoms with Gasteiger partial charge in [-0.2, -0.15) is 13.2 Å². The number of anilines is 1. The van der Waals surface area contributed by atoms with Crippen LogP contribution in [0.25, 0.3) is 0 Å². The van der Waals surface area contributed by atoms with Crippen molar-refractivity contribution in [3.63, 3.8) is 0 Å². The summed E-state index contributed by atoms with van der Waals surface area (Å²) in [5.74, 6) is -2.19. The zero-order valence-electron chi connectivity index (χ0n) is 7.92. The zero-order chi connectivity index (χ0) is 13.2. The van der Waals surface area contributed by atoms with Crippen LogP contribution in [-0.4, -0.2) is 17.0 Å². The summed E-state index contributed by atoms with van der Waals surface area (Å²) in [7, 11) is 0. The quantitative estimate of drug-likeness (QED) is 0.674. The van der Waals surface area contributed by atoms with E-state index in [-0.39, 0.29) is 10.2 Å². The Bertz CT molecular complexity index is 476. The fraction of sp³-hybridized carbons (Fsp3) is 0.125. The van der Waals surface area contributed by atoms with E-state index in [1.54, 1.807) is 0 Å². The highest BCUT2D eigenvalue weighted by atomic mass is 79.9. The average Bonchev–Trinajstić information content (AvgIpc) is 2.19. The third-order valence-electron chi connectivity index (χ3n) is 1.66. The van der Waals surface area contributed by atoms with E-state index in [2.05, 4.69) is 15.9 Å². The molecule has 0 aliphatic heterocycles. The first-order chi connectivity index (χ1) is 7.71. The number of nitrogens with zero attached hydrogens (tertiary/aromatic N) is 1. The Balaban J connectivity index is 2.98. The van der Waals surface area contributed by atoms with Crippen molar-refractivity contribution < 1.29 is 22.9 Å². The third kappa shape index (κ3) is 3.41. The Morgan fingerprint density at radius 1 is 1.41 bits per heavy atom. The first kappa shape index (κ1) is 13.4. The van der Waals surface area contributed by atoms with E-state index in [9.17, 15) is 28.1 Å². The van der Waals surface area contributed by atoms with Crippen LogP contribution in [0.4, 0.5) is 24.5 Å². The summed E-state index contributed by atoms with van der Waals surface area (Å²) in [5.41, 5.74) is -0.743. The number of halogens is 4. The van der Waals surface area contributed by atoms with Crippen LogP contribution in [0.3, 0.4) is 0 Å². The highest BCUT2D eigenvalue weighted by Gasteiger charge is 2.38. The van der Waals surface area contributed by atoms with E-state index < -0.39 is 22.7 Å². The van der Waals surface area contributed by atoms with Crippen LogP contribution in [0, 0.1) is 10.1 Å². The van der Waals surface area contributed by atoms with Gasteiger partial charge in [0.05, 0.1) is 9.40 Å². The summed E-state index contributed by atoms with van der Waals surface area (Å²) >= 11 is 2.86. The third-order valence-corrected chi connectivity index (χ3v) is 2.33. The predicted molar refractivity (Wildman–Crippen MR) is 55.5 cm³/mol. The van der Waals surface area contributed by atoms with Crippen molar-refractivity contribution in [2.45, 2.75) is 6.18 Å². The van der Waals surface area contributed by atoms with Crippen LogP contribution in [0.15, 0.2) is 22.7 Å². The molecule has 0 saturated heterocycles. The van der Waals surface area contributed by atoms with Gasteiger partial charge in [0.25, 0.3) is 5.69 Å². The van der Waals surface area contributed by atoms with Gasteiger partial charge in [-0.25, -0.2) is 0 Å². The lowest BCUT2D eigenvalue weighted by Gasteiger charge is -2.07. The number of rotatable bonds is 2. The summed E-state index contributed by atoms with van der Waals surface area (Å²) in [5, 5.41) is 12.0. The number of benzene rings is 1. The molecule has 1 aromatic carbocycles. The molecule has 17 heavy (non-hydrogen) atoms. The Morgan fingerprint density at radius 2 is 2.00 bits per heavy atom. The Hall–Kier alpha value is -1.64. The average molecular weight is 313 g/mol. The van der Waals surface area contributed by atoms with Gasteiger partial charge in [-0.3, -0.25) is 14.9 Å². The number of hydrogen-bond donors (Lipinski definition) is 1. The number of nitro groups is 1. The van der Waals surface area contributed by atoms with E-state index in [0.717, 1.165) is 12.1 Å². The van der Waals surface area contributed by atoms with Gasteiger partial charge in [0, 0.05) is 11.8 Å². The number of carbonyl (C=O) groups is 1. The Morgan fingerprint density at radius 3 is 2.47 bits per heavy atom. The summed E-state index contributed by atoms with van der Waals surface area (Å²) in [6, 6.07) is 3.11. The second-order valence-corrected chi connectivity index (χ2v) is 3.73. The van der Waals surface area contributed by atoms with Gasteiger partial charge in [0.15, 0.2) is 0 Å². The molecule has 0 heterocycles. The van der Waals surface area contributed by atoms with Crippen LogP contribution in [0.5, 0.6) is 0 Å². The second-order valence-electron chi connectivity index (χ2n) is 2.88. The zero-order valence-corrected chi connectivity index (χ0v) is 9.50. The summed E-state index contributed by atoms with van der Waals surface area (Å²) in [6.45, 7) is 0. The minimum atomic E-state index is -5.04. The second kappa shape index (κ2) is 4.70. The number of hydrogen-bond acceptors (Lipinski definition) is 3. The summed E-state index contributed by atoms with van der Waals surface area (Å²) in [6.07, 6.45) is -5.04. The monoisotopic (exact) mass is 312 g/mol. The van der Waals surface area contributed by atoms with Crippen LogP contribution < -0.4 is 5.32 Å². The fourth-order valence-corrected chi connectivity index (χ4v) is 1.32. The normalized spacial score (nSPS) is 11.1. The lowest BCUT2D eigenvalue weighted by molar-refractivity contribution is -0.385. The van der Waals surface area contributed by atoms with E-state index in [0.29, 0.717) is 0 Å². The molecule has 9 heteroatoms. The highest BCUT2D eigenvalue weighted by Crippen LogP contribution is 2.28. The largest absolute Gasteiger partial charge is 0.471 e. The van der Waals surface area contributed by atoms with Crippen molar-refractivity contribution in [3.05, 3.63) is 32.8 Å². The number of nitro benzene ring substituents is 1. The smallest absolute Gasteiger partial charge is 0.318 e. The summed E-state index contributed by atoms with van der Waals surface area (Å²) < 4.78 is 35.9. The SMILES string of the molecule is O=C(Nc1ccc(Br)c([N+](=O)[O-])c1)C(F)(F)F. The lowest BCUT2D eigenvalue weighted by atomic mass is 10.3. The molecular weight excluding hydrogens is 309 g/mol. The number of alkyl halides is 3. The van der Waals surface area contributed by atoms with Crippen molar-refractivity contribution in [1.29, 1.82) is 0 Å². The summed E-state index contributed by atoms with van der Waals surface area (Å²) in [4.78, 5) is 20.3. The van der Waals surface area contributed by atoms with E-state index >= 15 is 0 Å². The maximum Gasteiger partial charge on any atom is 0.471 e. The topological polar surface area (TPSA) is 72.2 Å². The Kier molecular flexibility index (Phi) is 3.71. The van der Waals surface area contributed by atoms with Crippen LogP contribution in [0.2, 0.25) is 0 Å². The first-order valence-corrected chi connectivity index (χ1v) is 4.83. The minimum absolute atomic E-state index is 0.104. The molecule has 0 spiro atoms. The van der Waals surface area contributed by atoms with Crippen molar-refractivity contribution in [2.24, 2.45) is 0 Å². The van der Waals surface area contributed by atoms with E-state index in [1.807, 2.05) is 0 Å².